The zero-order valence-corrected chi connectivity index (χ0v) is 18.8. The molecular weight excluding hydrogens is 439 g/mol. The van der Waals surface area contributed by atoms with E-state index in [0.29, 0.717) is 6.10 Å². The standard InChI is InChI=1S/C20H34N4O.HI/c1-21-20(22-14-15-25-19-8-6-4-5-7-9-19)23-16-17-10-12-18(13-11-17)24(2)3;/h10-13,19H,4-9,14-16H2,1-3H3,(H2,21,22,23);1H. The SMILES string of the molecule is CN=C(NCCOC1CCCCCC1)NCc1ccc(N(C)C)cc1.I. The molecule has 2 rings (SSSR count). The van der Waals surface area contributed by atoms with Crippen LogP contribution in [0.2, 0.25) is 0 Å². The van der Waals surface area contributed by atoms with Crippen molar-refractivity contribution in [3.05, 3.63) is 29.8 Å². The van der Waals surface area contributed by atoms with Crippen LogP contribution in [0.25, 0.3) is 0 Å². The second-order valence-corrected chi connectivity index (χ2v) is 6.90. The Bertz CT molecular complexity index is 511. The minimum atomic E-state index is 0. The van der Waals surface area contributed by atoms with Gasteiger partial charge in [0.15, 0.2) is 5.96 Å². The molecule has 0 radical (unpaired) electrons. The fraction of sp³-hybridized carbons (Fsp3) is 0.650. The average Bonchev–Trinajstić information content (AvgIpc) is 2.90. The molecule has 1 fully saturated rings. The van der Waals surface area contributed by atoms with Crippen molar-refractivity contribution < 1.29 is 4.74 Å². The highest BCUT2D eigenvalue weighted by Gasteiger charge is 2.12. The van der Waals surface area contributed by atoms with E-state index in [1.165, 1.54) is 49.8 Å². The highest BCUT2D eigenvalue weighted by molar-refractivity contribution is 14.0. The molecule has 0 unspecified atom stereocenters. The summed E-state index contributed by atoms with van der Waals surface area (Å²) < 4.78 is 6.01. The molecule has 0 saturated heterocycles. The van der Waals surface area contributed by atoms with Gasteiger partial charge in [0.05, 0.1) is 12.7 Å². The fourth-order valence-electron chi connectivity index (χ4n) is 3.12. The van der Waals surface area contributed by atoms with Crippen LogP contribution in [-0.4, -0.2) is 46.4 Å². The van der Waals surface area contributed by atoms with Crippen molar-refractivity contribution in [2.24, 2.45) is 4.99 Å². The van der Waals surface area contributed by atoms with Crippen LogP contribution in [0, 0.1) is 0 Å². The van der Waals surface area contributed by atoms with Gasteiger partial charge in [0.2, 0.25) is 0 Å². The van der Waals surface area contributed by atoms with Gasteiger partial charge in [0.1, 0.15) is 0 Å². The van der Waals surface area contributed by atoms with Gasteiger partial charge in [-0.15, -0.1) is 24.0 Å². The summed E-state index contributed by atoms with van der Waals surface area (Å²) in [4.78, 5) is 6.38. The second-order valence-electron chi connectivity index (χ2n) is 6.90. The minimum Gasteiger partial charge on any atom is -0.378 e. The third kappa shape index (κ3) is 8.58. The number of anilines is 1. The number of hydrogen-bond donors (Lipinski definition) is 2. The van der Waals surface area contributed by atoms with E-state index in [1.54, 1.807) is 7.05 Å². The Morgan fingerprint density at radius 2 is 1.73 bits per heavy atom. The van der Waals surface area contributed by atoms with Crippen molar-refractivity contribution in [2.45, 2.75) is 51.2 Å². The number of nitrogens with one attached hydrogen (secondary N) is 2. The summed E-state index contributed by atoms with van der Waals surface area (Å²) in [6, 6.07) is 8.55. The number of ether oxygens (including phenoxy) is 1. The molecule has 1 saturated carbocycles. The molecule has 5 nitrogen and oxygen atoms in total. The molecule has 1 aliphatic carbocycles. The summed E-state index contributed by atoms with van der Waals surface area (Å²) in [5, 5.41) is 6.68. The molecule has 0 heterocycles. The summed E-state index contributed by atoms with van der Waals surface area (Å²) in [7, 11) is 5.91. The predicted molar refractivity (Wildman–Crippen MR) is 122 cm³/mol. The van der Waals surface area contributed by atoms with Gasteiger partial charge in [-0.05, 0) is 30.5 Å². The van der Waals surface area contributed by atoms with Crippen molar-refractivity contribution in [3.8, 4) is 0 Å². The summed E-state index contributed by atoms with van der Waals surface area (Å²) >= 11 is 0. The number of rotatable bonds is 7. The molecule has 0 spiro atoms. The van der Waals surface area contributed by atoms with Crippen LogP contribution >= 0.6 is 24.0 Å². The topological polar surface area (TPSA) is 48.9 Å². The van der Waals surface area contributed by atoms with Gasteiger partial charge in [-0.1, -0.05) is 37.8 Å². The van der Waals surface area contributed by atoms with E-state index in [-0.39, 0.29) is 24.0 Å². The van der Waals surface area contributed by atoms with Gasteiger partial charge >= 0.3 is 0 Å². The van der Waals surface area contributed by atoms with Crippen LogP contribution in [0.4, 0.5) is 5.69 Å². The molecule has 0 atom stereocenters. The Balaban J connectivity index is 0.00000338. The van der Waals surface area contributed by atoms with Gasteiger partial charge in [0.25, 0.3) is 0 Å². The first-order valence-electron chi connectivity index (χ1n) is 9.51. The van der Waals surface area contributed by atoms with Crippen molar-refractivity contribution >= 4 is 35.6 Å². The molecule has 1 aromatic rings. The Hall–Kier alpha value is -1.02. The third-order valence-corrected chi connectivity index (χ3v) is 4.69. The molecule has 26 heavy (non-hydrogen) atoms. The first-order chi connectivity index (χ1) is 12.2. The molecule has 6 heteroatoms. The Morgan fingerprint density at radius 1 is 1.08 bits per heavy atom. The van der Waals surface area contributed by atoms with Crippen molar-refractivity contribution in [1.29, 1.82) is 0 Å². The predicted octanol–water partition coefficient (Wildman–Crippen LogP) is 3.78. The Labute approximate surface area is 176 Å². The van der Waals surface area contributed by atoms with Crippen LogP contribution in [0.3, 0.4) is 0 Å². The van der Waals surface area contributed by atoms with Crippen LogP contribution in [0.5, 0.6) is 0 Å². The van der Waals surface area contributed by atoms with E-state index < -0.39 is 0 Å². The van der Waals surface area contributed by atoms with E-state index in [9.17, 15) is 0 Å². The minimum absolute atomic E-state index is 0. The number of hydrogen-bond acceptors (Lipinski definition) is 3. The molecule has 148 valence electrons. The number of aliphatic imine (C=N–C) groups is 1. The number of benzene rings is 1. The molecule has 1 aromatic carbocycles. The van der Waals surface area contributed by atoms with Crippen LogP contribution < -0.4 is 15.5 Å². The van der Waals surface area contributed by atoms with Gasteiger partial charge in [-0.3, -0.25) is 4.99 Å². The normalized spacial score (nSPS) is 15.7. The van der Waals surface area contributed by atoms with E-state index >= 15 is 0 Å². The molecular formula is C20H35IN4O. The fourth-order valence-corrected chi connectivity index (χ4v) is 3.12. The average molecular weight is 474 g/mol. The summed E-state index contributed by atoms with van der Waals surface area (Å²) in [6.45, 7) is 2.29. The zero-order valence-electron chi connectivity index (χ0n) is 16.5. The molecule has 0 aliphatic heterocycles. The first kappa shape index (κ1) is 23.0. The Kier molecular flexibility index (Phi) is 11.7. The van der Waals surface area contributed by atoms with Crippen LogP contribution in [0.15, 0.2) is 29.3 Å². The monoisotopic (exact) mass is 474 g/mol. The van der Waals surface area contributed by atoms with E-state index in [4.69, 9.17) is 4.74 Å². The molecule has 2 N–H and O–H groups in total. The van der Waals surface area contributed by atoms with Crippen LogP contribution in [-0.2, 0) is 11.3 Å². The maximum atomic E-state index is 6.01. The lowest BCUT2D eigenvalue weighted by Crippen LogP contribution is -2.38. The quantitative estimate of drug-likeness (QED) is 0.208. The largest absolute Gasteiger partial charge is 0.378 e. The van der Waals surface area contributed by atoms with E-state index in [1.807, 2.05) is 0 Å². The molecule has 0 aromatic heterocycles. The van der Waals surface area contributed by atoms with E-state index in [2.05, 4.69) is 58.9 Å². The zero-order chi connectivity index (χ0) is 17.9. The van der Waals surface area contributed by atoms with Crippen molar-refractivity contribution in [1.82, 2.24) is 10.6 Å². The second kappa shape index (κ2) is 13.2. The van der Waals surface area contributed by atoms with Gasteiger partial charge in [-0.25, -0.2) is 0 Å². The van der Waals surface area contributed by atoms with Gasteiger partial charge in [-0.2, -0.15) is 0 Å². The first-order valence-corrected chi connectivity index (χ1v) is 9.51. The van der Waals surface area contributed by atoms with Crippen molar-refractivity contribution in [3.63, 3.8) is 0 Å². The van der Waals surface area contributed by atoms with Crippen molar-refractivity contribution in [2.75, 3.05) is 39.2 Å². The molecule has 0 amide bonds. The lowest BCUT2D eigenvalue weighted by atomic mass is 10.1. The maximum Gasteiger partial charge on any atom is 0.191 e. The highest BCUT2D eigenvalue weighted by Crippen LogP contribution is 2.19. The summed E-state index contributed by atoms with van der Waals surface area (Å²) in [5.41, 5.74) is 2.45. The number of halogens is 1. The van der Waals surface area contributed by atoms with E-state index in [0.717, 1.165) is 25.7 Å². The lowest BCUT2D eigenvalue weighted by Gasteiger charge is -2.17. The maximum absolute atomic E-state index is 6.01. The summed E-state index contributed by atoms with van der Waals surface area (Å²) in [5.74, 6) is 0.821. The lowest BCUT2D eigenvalue weighted by molar-refractivity contribution is 0.0468. The number of nitrogens with zero attached hydrogens (tertiary/aromatic N) is 2. The number of guanidine groups is 1. The van der Waals surface area contributed by atoms with Gasteiger partial charge < -0.3 is 20.3 Å². The summed E-state index contributed by atoms with van der Waals surface area (Å²) in [6.07, 6.45) is 8.25. The Morgan fingerprint density at radius 3 is 2.31 bits per heavy atom. The van der Waals surface area contributed by atoms with Crippen LogP contribution in [0.1, 0.15) is 44.1 Å². The smallest absolute Gasteiger partial charge is 0.191 e. The van der Waals surface area contributed by atoms with Gasteiger partial charge in [0, 0.05) is 39.9 Å². The molecule has 1 aliphatic rings. The third-order valence-electron chi connectivity index (χ3n) is 4.69. The highest BCUT2D eigenvalue weighted by atomic mass is 127. The molecule has 0 bridgehead atoms.